The number of hydrogen-bond acceptors (Lipinski definition) is 6. The topological polar surface area (TPSA) is 72.8 Å². The van der Waals surface area contributed by atoms with Crippen molar-refractivity contribution in [2.24, 2.45) is 16.8 Å². The SMILES string of the molecule is COc1nccc2c1C[C@]1(c3cc(OCC4CC4)ccc3F)N=C(NC(=O)c3ccccc3)SC[C@@H]1C2. The smallest absolute Gasteiger partial charge is 0.257 e. The van der Waals surface area contributed by atoms with Crippen LogP contribution in [-0.2, 0) is 18.4 Å². The monoisotopic (exact) mass is 517 g/mol. The number of amidine groups is 1. The second kappa shape index (κ2) is 9.82. The third kappa shape index (κ3) is 4.70. The molecule has 0 saturated heterocycles. The van der Waals surface area contributed by atoms with Gasteiger partial charge in [0.1, 0.15) is 11.6 Å². The van der Waals surface area contributed by atoms with E-state index in [2.05, 4.69) is 10.3 Å². The summed E-state index contributed by atoms with van der Waals surface area (Å²) in [5, 5.41) is 3.46. The highest BCUT2D eigenvalue weighted by atomic mass is 32.2. The molecule has 1 aliphatic heterocycles. The van der Waals surface area contributed by atoms with Crippen molar-refractivity contribution in [1.29, 1.82) is 0 Å². The fourth-order valence-electron chi connectivity index (χ4n) is 5.26. The van der Waals surface area contributed by atoms with Crippen LogP contribution in [0.2, 0.25) is 0 Å². The first-order valence-electron chi connectivity index (χ1n) is 12.6. The predicted molar refractivity (Wildman–Crippen MR) is 142 cm³/mol. The number of halogens is 1. The number of methoxy groups -OCH3 is 1. The first-order chi connectivity index (χ1) is 18.1. The lowest BCUT2D eigenvalue weighted by Gasteiger charge is -2.45. The van der Waals surface area contributed by atoms with Gasteiger partial charge >= 0.3 is 0 Å². The molecule has 0 radical (unpaired) electrons. The van der Waals surface area contributed by atoms with Crippen LogP contribution in [0.25, 0.3) is 0 Å². The summed E-state index contributed by atoms with van der Waals surface area (Å²) in [6, 6.07) is 16.0. The molecule has 6 rings (SSSR count). The van der Waals surface area contributed by atoms with Crippen molar-refractivity contribution in [3.8, 4) is 11.6 Å². The number of aliphatic imine (C=N–C) groups is 1. The normalized spacial score (nSPS) is 22.3. The highest BCUT2D eigenvalue weighted by Gasteiger charge is 2.49. The van der Waals surface area contributed by atoms with Gasteiger partial charge in [0, 0.05) is 41.0 Å². The summed E-state index contributed by atoms with van der Waals surface area (Å²) in [6.07, 6.45) is 5.23. The van der Waals surface area contributed by atoms with Gasteiger partial charge in [0.05, 0.1) is 19.3 Å². The third-order valence-corrected chi connectivity index (χ3v) is 8.50. The van der Waals surface area contributed by atoms with Crippen molar-refractivity contribution >= 4 is 22.8 Å². The molecule has 3 aliphatic rings. The summed E-state index contributed by atoms with van der Waals surface area (Å²) in [5.74, 6) is 1.88. The van der Waals surface area contributed by atoms with Crippen LogP contribution in [0.3, 0.4) is 0 Å². The van der Waals surface area contributed by atoms with Gasteiger partial charge in [-0.2, -0.15) is 0 Å². The minimum Gasteiger partial charge on any atom is -0.493 e. The summed E-state index contributed by atoms with van der Waals surface area (Å²) in [4.78, 5) is 22.5. The van der Waals surface area contributed by atoms with Gasteiger partial charge < -0.3 is 14.8 Å². The van der Waals surface area contributed by atoms with Gasteiger partial charge in [-0.15, -0.1) is 0 Å². The number of amides is 1. The molecule has 1 saturated carbocycles. The maximum absolute atomic E-state index is 15.7. The average molecular weight is 518 g/mol. The standard InChI is InChI=1S/C29H28FN3O3S/c1-35-27-23-15-29(24-14-22(9-10-25(24)30)36-16-18-7-8-18)21(13-20(23)11-12-31-27)17-37-28(33-29)32-26(34)19-5-3-2-4-6-19/h2-6,9-12,14,18,21H,7-8,13,15-17H2,1H3,(H,32,33,34)/t21-,29-/m0/s1. The number of nitrogens with one attached hydrogen (secondary N) is 1. The molecule has 0 bridgehead atoms. The fraction of sp³-hybridized carbons (Fsp3) is 0.345. The van der Waals surface area contributed by atoms with Crippen molar-refractivity contribution in [2.75, 3.05) is 19.5 Å². The molecule has 1 amide bonds. The summed E-state index contributed by atoms with van der Waals surface area (Å²) in [5.41, 5.74) is 2.16. The predicted octanol–water partition coefficient (Wildman–Crippen LogP) is 5.16. The molecule has 0 spiro atoms. The number of hydrogen-bond donors (Lipinski definition) is 1. The molecule has 8 heteroatoms. The molecule has 190 valence electrons. The van der Waals surface area contributed by atoms with Crippen molar-refractivity contribution in [3.05, 3.63) is 88.9 Å². The number of fused-ring (bicyclic) bond motifs is 2. The van der Waals surface area contributed by atoms with Gasteiger partial charge in [-0.05, 0) is 67.1 Å². The summed E-state index contributed by atoms with van der Waals surface area (Å²) >= 11 is 1.50. The van der Waals surface area contributed by atoms with Crippen LogP contribution in [0.1, 0.15) is 39.9 Å². The zero-order valence-corrected chi connectivity index (χ0v) is 21.4. The van der Waals surface area contributed by atoms with E-state index in [0.717, 1.165) is 11.1 Å². The first kappa shape index (κ1) is 24.0. The number of thioether (sulfide) groups is 1. The number of benzene rings is 2. The lowest BCUT2D eigenvalue weighted by Crippen LogP contribution is -2.48. The number of nitrogens with zero attached hydrogens (tertiary/aromatic N) is 2. The molecule has 2 aromatic carbocycles. The zero-order valence-electron chi connectivity index (χ0n) is 20.6. The molecule has 2 heterocycles. The lowest BCUT2D eigenvalue weighted by molar-refractivity contribution is 0.0977. The van der Waals surface area contributed by atoms with Crippen LogP contribution in [-0.4, -0.2) is 35.5 Å². The second-order valence-corrected chi connectivity index (χ2v) is 10.9. The number of aromatic nitrogens is 1. The van der Waals surface area contributed by atoms with E-state index in [1.54, 1.807) is 37.6 Å². The Morgan fingerprint density at radius 1 is 1.19 bits per heavy atom. The molecule has 1 N–H and O–H groups in total. The highest BCUT2D eigenvalue weighted by Crippen LogP contribution is 2.50. The van der Waals surface area contributed by atoms with E-state index in [0.29, 0.717) is 59.0 Å². The number of carbonyl (C=O) groups excluding carboxylic acids is 1. The van der Waals surface area contributed by atoms with Crippen LogP contribution >= 0.6 is 11.8 Å². The second-order valence-electron chi connectivity index (χ2n) is 9.90. The molecule has 2 atom stereocenters. The third-order valence-electron chi connectivity index (χ3n) is 7.46. The Morgan fingerprint density at radius 3 is 2.81 bits per heavy atom. The molecule has 6 nitrogen and oxygen atoms in total. The van der Waals surface area contributed by atoms with Gasteiger partial charge in [-0.25, -0.2) is 14.4 Å². The van der Waals surface area contributed by atoms with Gasteiger partial charge in [0.25, 0.3) is 5.91 Å². The van der Waals surface area contributed by atoms with Gasteiger partial charge in [0.15, 0.2) is 5.17 Å². The van der Waals surface area contributed by atoms with Crippen molar-refractivity contribution in [3.63, 3.8) is 0 Å². The summed E-state index contributed by atoms with van der Waals surface area (Å²) < 4.78 is 27.3. The molecule has 0 unspecified atom stereocenters. The maximum atomic E-state index is 15.7. The van der Waals surface area contributed by atoms with Gasteiger partial charge in [-0.3, -0.25) is 4.79 Å². The average Bonchev–Trinajstić information content (AvgIpc) is 3.76. The Morgan fingerprint density at radius 2 is 2.03 bits per heavy atom. The summed E-state index contributed by atoms with van der Waals surface area (Å²) in [7, 11) is 1.60. The van der Waals surface area contributed by atoms with Crippen molar-refractivity contribution in [1.82, 2.24) is 10.3 Å². The van der Waals surface area contributed by atoms with Crippen LogP contribution in [0.4, 0.5) is 4.39 Å². The minimum atomic E-state index is -0.934. The van der Waals surface area contributed by atoms with E-state index < -0.39 is 5.54 Å². The van der Waals surface area contributed by atoms with E-state index in [9.17, 15) is 4.79 Å². The Balaban J connectivity index is 1.43. The molecule has 2 aliphatic carbocycles. The first-order valence-corrected chi connectivity index (χ1v) is 13.6. The van der Waals surface area contributed by atoms with Crippen LogP contribution in [0, 0.1) is 17.7 Å². The Bertz CT molecular complexity index is 1360. The highest BCUT2D eigenvalue weighted by molar-refractivity contribution is 8.13. The van der Waals surface area contributed by atoms with E-state index >= 15 is 4.39 Å². The zero-order chi connectivity index (χ0) is 25.4. The number of rotatable bonds is 6. The molecular weight excluding hydrogens is 489 g/mol. The molecule has 3 aromatic rings. The quantitative estimate of drug-likeness (QED) is 0.489. The number of pyridine rings is 1. The maximum Gasteiger partial charge on any atom is 0.257 e. The minimum absolute atomic E-state index is 0.0164. The Kier molecular flexibility index (Phi) is 6.36. The molecular formula is C29H28FN3O3S. The van der Waals surface area contributed by atoms with Crippen molar-refractivity contribution < 1.29 is 18.7 Å². The number of carbonyl (C=O) groups is 1. The van der Waals surface area contributed by atoms with Crippen molar-refractivity contribution in [2.45, 2.75) is 31.2 Å². The molecule has 1 aromatic heterocycles. The van der Waals surface area contributed by atoms with Gasteiger partial charge in [-0.1, -0.05) is 30.0 Å². The van der Waals surface area contributed by atoms with E-state index in [4.69, 9.17) is 14.5 Å². The molecule has 37 heavy (non-hydrogen) atoms. The van der Waals surface area contributed by atoms with E-state index in [1.807, 2.05) is 24.3 Å². The fourth-order valence-corrected chi connectivity index (χ4v) is 6.40. The van der Waals surface area contributed by atoms with Gasteiger partial charge in [0.2, 0.25) is 5.88 Å². The largest absolute Gasteiger partial charge is 0.493 e. The Labute approximate surface area is 219 Å². The number of ether oxygens (including phenoxy) is 2. The Hall–Kier alpha value is -3.39. The van der Waals surface area contributed by atoms with Crippen LogP contribution in [0.15, 0.2) is 65.8 Å². The summed E-state index contributed by atoms with van der Waals surface area (Å²) in [6.45, 7) is 0.638. The van der Waals surface area contributed by atoms with Crippen LogP contribution in [0.5, 0.6) is 11.6 Å². The van der Waals surface area contributed by atoms with E-state index in [-0.39, 0.29) is 17.6 Å². The molecule has 1 fully saturated rings. The van der Waals surface area contributed by atoms with E-state index in [1.165, 1.54) is 30.7 Å². The van der Waals surface area contributed by atoms with Crippen LogP contribution < -0.4 is 14.8 Å². The lowest BCUT2D eigenvalue weighted by atomic mass is 9.67.